The second kappa shape index (κ2) is 10.7. The molecule has 1 saturated heterocycles. The van der Waals surface area contributed by atoms with E-state index in [1.54, 1.807) is 24.3 Å². The fraction of sp³-hybridized carbons (Fsp3) is 0.152. The van der Waals surface area contributed by atoms with Crippen LogP contribution in [0.15, 0.2) is 114 Å². The summed E-state index contributed by atoms with van der Waals surface area (Å²) >= 11 is 6.76. The van der Waals surface area contributed by atoms with Crippen LogP contribution in [-0.2, 0) is 4.74 Å². The molecule has 3 aromatic rings. The van der Waals surface area contributed by atoms with Crippen molar-refractivity contribution in [3.05, 3.63) is 136 Å². The molecule has 6 rings (SSSR count). The molecule has 0 spiro atoms. The molecule has 0 radical (unpaired) electrons. The molecular formula is C33H29ClN3O3+. The highest BCUT2D eigenvalue weighted by atomic mass is 35.5. The predicted molar refractivity (Wildman–Crippen MR) is 157 cm³/mol. The minimum absolute atomic E-state index is 0.0263. The topological polar surface area (TPSA) is 67.4 Å². The number of anilines is 1. The summed E-state index contributed by atoms with van der Waals surface area (Å²) in [6, 6.07) is 20.7. The largest absolute Gasteiger partial charge is 0.365 e. The molecule has 0 aromatic heterocycles. The summed E-state index contributed by atoms with van der Waals surface area (Å²) in [5, 5.41) is 6.48. The summed E-state index contributed by atoms with van der Waals surface area (Å²) < 4.78 is 5.77. The van der Waals surface area contributed by atoms with E-state index in [-0.39, 0.29) is 21.3 Å². The number of benzene rings is 3. The maximum atomic E-state index is 14.3. The number of halogens is 1. The van der Waals surface area contributed by atoms with Gasteiger partial charge in [0.15, 0.2) is 11.4 Å². The molecule has 40 heavy (non-hydrogen) atoms. The second-order valence-corrected chi connectivity index (χ2v) is 10.5. The molecule has 0 bridgehead atoms. The molecule has 2 heterocycles. The quantitative estimate of drug-likeness (QED) is 0.354. The Morgan fingerprint density at radius 2 is 1.82 bits per heavy atom. The number of ether oxygens (including phenoxy) is 1. The molecule has 6 nitrogen and oxygen atoms in total. The van der Waals surface area contributed by atoms with Gasteiger partial charge in [-0.05, 0) is 48.7 Å². The first-order valence-corrected chi connectivity index (χ1v) is 13.7. The fourth-order valence-electron chi connectivity index (χ4n) is 5.55. The number of allylic oxidation sites excluding steroid dienone is 4. The van der Waals surface area contributed by atoms with E-state index < -0.39 is 0 Å². The third-order valence-corrected chi connectivity index (χ3v) is 7.94. The van der Waals surface area contributed by atoms with Crippen molar-refractivity contribution in [2.75, 3.05) is 25.1 Å². The fourth-order valence-corrected chi connectivity index (χ4v) is 5.81. The number of nitrogens with one attached hydrogen (secondary N) is 2. The lowest BCUT2D eigenvalue weighted by Crippen LogP contribution is -2.56. The van der Waals surface area contributed by atoms with Gasteiger partial charge in [0.25, 0.3) is 5.91 Å². The summed E-state index contributed by atoms with van der Waals surface area (Å²) in [5.74, 6) is -0.377. The van der Waals surface area contributed by atoms with E-state index in [0.29, 0.717) is 36.6 Å². The van der Waals surface area contributed by atoms with Gasteiger partial charge in [-0.2, -0.15) is 4.48 Å². The molecule has 2 N–H and O–H groups in total. The lowest BCUT2D eigenvalue weighted by molar-refractivity contribution is -0.779. The summed E-state index contributed by atoms with van der Waals surface area (Å²) in [6.45, 7) is 3.29. The van der Waals surface area contributed by atoms with Gasteiger partial charge in [-0.15, -0.1) is 0 Å². The first-order chi connectivity index (χ1) is 19.5. The number of aryl methyl sites for hydroxylation is 1. The third kappa shape index (κ3) is 4.60. The number of quaternary nitrogens is 1. The van der Waals surface area contributed by atoms with Crippen LogP contribution < -0.4 is 10.6 Å². The van der Waals surface area contributed by atoms with Gasteiger partial charge in [0.1, 0.15) is 13.2 Å². The molecule has 7 heteroatoms. The van der Waals surface area contributed by atoms with Crippen LogP contribution in [0.4, 0.5) is 5.69 Å². The maximum absolute atomic E-state index is 14.3. The average molecular weight is 551 g/mol. The molecule has 0 saturated carbocycles. The van der Waals surface area contributed by atoms with Crippen LogP contribution in [0.1, 0.15) is 32.7 Å². The van der Waals surface area contributed by atoms with Gasteiger partial charge in [0.2, 0.25) is 0 Å². The number of amides is 2. The van der Waals surface area contributed by atoms with E-state index >= 15 is 0 Å². The zero-order valence-corrected chi connectivity index (χ0v) is 22.9. The lowest BCUT2D eigenvalue weighted by Gasteiger charge is -2.41. The monoisotopic (exact) mass is 550 g/mol. The van der Waals surface area contributed by atoms with Crippen molar-refractivity contribution in [3.8, 4) is 11.1 Å². The second-order valence-electron chi connectivity index (χ2n) is 10.1. The standard InChI is InChI=1S/C33H28ClN3O3/c1-22-10-12-23(13-11-22)27-7-3-4-8-28(27)32(38)36-25-14-15-29(30(34)18-25)33(39)37-16-17-40-21-26(37)20-35-19-24-6-2-5-9-31(24)37/h2-5,7-15,18-20,35H,6,16-17,21H2,1H3/p+1. The molecule has 2 amide bonds. The van der Waals surface area contributed by atoms with E-state index in [2.05, 4.69) is 16.7 Å². The van der Waals surface area contributed by atoms with Crippen molar-refractivity contribution in [1.82, 2.24) is 5.32 Å². The van der Waals surface area contributed by atoms with Crippen molar-refractivity contribution in [2.45, 2.75) is 13.3 Å². The van der Waals surface area contributed by atoms with E-state index in [1.165, 1.54) is 0 Å². The number of nitrogens with zero attached hydrogens (tertiary/aromatic N) is 1. The molecular weight excluding hydrogens is 522 g/mol. The van der Waals surface area contributed by atoms with Gasteiger partial charge in [-0.1, -0.05) is 71.8 Å². The SMILES string of the molecule is Cc1ccc(-c2ccccc2C(=O)Nc2ccc(C(=O)[N+]34CCOCC3=CNC=C3CC=CC=C34)c(Cl)c2)cc1. The molecule has 1 unspecified atom stereocenters. The maximum Gasteiger partial charge on any atom is 0.357 e. The molecule has 1 aliphatic carbocycles. The van der Waals surface area contributed by atoms with Gasteiger partial charge < -0.3 is 15.4 Å². The minimum Gasteiger partial charge on any atom is -0.365 e. The van der Waals surface area contributed by atoms with Crippen molar-refractivity contribution in [3.63, 3.8) is 0 Å². The highest BCUT2D eigenvalue weighted by molar-refractivity contribution is 6.34. The van der Waals surface area contributed by atoms with Crippen molar-refractivity contribution in [1.29, 1.82) is 0 Å². The van der Waals surface area contributed by atoms with Crippen LogP contribution in [-0.4, -0.2) is 36.1 Å². The summed E-state index contributed by atoms with van der Waals surface area (Å²) in [4.78, 5) is 27.7. The Hall–Kier alpha value is -4.23. The number of carbonyl (C=O) groups excluding carboxylic acids is 2. The Balaban J connectivity index is 1.31. The Morgan fingerprint density at radius 1 is 1.00 bits per heavy atom. The summed E-state index contributed by atoms with van der Waals surface area (Å²) in [5.41, 5.74) is 7.22. The molecule has 1 atom stereocenters. The Morgan fingerprint density at radius 3 is 2.65 bits per heavy atom. The normalized spacial score (nSPS) is 19.6. The molecule has 3 aliphatic rings. The van der Waals surface area contributed by atoms with E-state index in [1.807, 2.05) is 73.9 Å². The van der Waals surface area contributed by atoms with Crippen LogP contribution in [0.5, 0.6) is 0 Å². The van der Waals surface area contributed by atoms with Gasteiger partial charge in [-0.25, -0.2) is 4.79 Å². The number of hydrogen-bond donors (Lipinski definition) is 2. The minimum atomic E-state index is -0.251. The zero-order chi connectivity index (χ0) is 27.7. The number of morpholine rings is 1. The third-order valence-electron chi connectivity index (χ3n) is 7.63. The lowest BCUT2D eigenvalue weighted by atomic mass is 9.98. The van der Waals surface area contributed by atoms with Gasteiger partial charge in [0, 0.05) is 29.1 Å². The Labute approximate surface area is 238 Å². The molecule has 200 valence electrons. The highest BCUT2D eigenvalue weighted by Gasteiger charge is 2.50. The van der Waals surface area contributed by atoms with E-state index in [9.17, 15) is 9.59 Å². The number of carbonyl (C=O) groups is 2. The van der Waals surface area contributed by atoms with Gasteiger partial charge in [-0.3, -0.25) is 4.79 Å². The summed E-state index contributed by atoms with van der Waals surface area (Å²) in [7, 11) is 0. The smallest absolute Gasteiger partial charge is 0.357 e. The van der Waals surface area contributed by atoms with E-state index in [4.69, 9.17) is 16.3 Å². The number of rotatable bonds is 4. The number of hydrogen-bond acceptors (Lipinski definition) is 4. The Kier molecular flexibility index (Phi) is 6.98. The Bertz CT molecular complexity index is 1630. The first-order valence-electron chi connectivity index (χ1n) is 13.3. The van der Waals surface area contributed by atoms with Crippen LogP contribution in [0.2, 0.25) is 5.02 Å². The number of fused-ring (bicyclic) bond motifs is 3. The molecule has 3 aromatic carbocycles. The van der Waals surface area contributed by atoms with Crippen molar-refractivity contribution >= 4 is 29.1 Å². The van der Waals surface area contributed by atoms with E-state index in [0.717, 1.165) is 40.1 Å². The van der Waals surface area contributed by atoms with Crippen LogP contribution >= 0.6 is 11.6 Å². The van der Waals surface area contributed by atoms with Crippen LogP contribution in [0.3, 0.4) is 0 Å². The first kappa shape index (κ1) is 26.0. The highest BCUT2D eigenvalue weighted by Crippen LogP contribution is 2.40. The average Bonchev–Trinajstić information content (AvgIpc) is 3.15. The van der Waals surface area contributed by atoms with Crippen molar-refractivity contribution in [2.24, 2.45) is 0 Å². The van der Waals surface area contributed by atoms with Crippen LogP contribution in [0.25, 0.3) is 11.1 Å². The summed E-state index contributed by atoms with van der Waals surface area (Å²) in [6.07, 6.45) is 10.6. The molecule has 2 aliphatic heterocycles. The molecule has 1 fully saturated rings. The van der Waals surface area contributed by atoms with Crippen molar-refractivity contribution < 1.29 is 18.8 Å². The zero-order valence-electron chi connectivity index (χ0n) is 22.1. The van der Waals surface area contributed by atoms with Gasteiger partial charge >= 0.3 is 5.91 Å². The predicted octanol–water partition coefficient (Wildman–Crippen LogP) is 6.73. The van der Waals surface area contributed by atoms with Crippen LogP contribution in [0, 0.1) is 6.92 Å². The van der Waals surface area contributed by atoms with Gasteiger partial charge in [0.05, 0.1) is 23.4 Å².